The number of hydrogen-bond donors (Lipinski definition) is 1. The van der Waals surface area contributed by atoms with Gasteiger partial charge in [0.1, 0.15) is 5.57 Å². The predicted molar refractivity (Wildman–Crippen MR) is 83.0 cm³/mol. The minimum Gasteiger partial charge on any atom is -0.501 e. The molecule has 0 aliphatic carbocycles. The molecule has 0 aromatic heterocycles. The van der Waals surface area contributed by atoms with Gasteiger partial charge in [-0.2, -0.15) is 0 Å². The van der Waals surface area contributed by atoms with Crippen LogP contribution in [0.3, 0.4) is 0 Å². The van der Waals surface area contributed by atoms with E-state index in [9.17, 15) is 9.59 Å². The van der Waals surface area contributed by atoms with Crippen LogP contribution in [0.4, 0.5) is 5.69 Å². The molecule has 0 saturated heterocycles. The molecule has 108 valence electrons. The van der Waals surface area contributed by atoms with Crippen LogP contribution < -0.4 is 5.32 Å². The van der Waals surface area contributed by atoms with E-state index in [2.05, 4.69) is 5.32 Å². The molecule has 1 N–H and O–H groups in total. The van der Waals surface area contributed by atoms with Gasteiger partial charge in [0, 0.05) is 11.1 Å². The van der Waals surface area contributed by atoms with Crippen molar-refractivity contribution in [3.63, 3.8) is 0 Å². The number of ether oxygens (including phenoxy) is 1. The third-order valence-corrected chi connectivity index (χ3v) is 3.03. The topological polar surface area (TPSA) is 55.4 Å². The normalized spacial score (nSPS) is 11.2. The van der Waals surface area contributed by atoms with Gasteiger partial charge in [-0.25, -0.2) is 0 Å². The van der Waals surface area contributed by atoms with Crippen LogP contribution in [0.2, 0.25) is 0 Å². The van der Waals surface area contributed by atoms with Crippen LogP contribution in [0.25, 0.3) is 10.8 Å². The molecule has 0 heterocycles. The molecule has 4 heteroatoms. The highest BCUT2D eigenvalue weighted by molar-refractivity contribution is 6.23. The Morgan fingerprint density at radius 2 is 1.86 bits per heavy atom. The van der Waals surface area contributed by atoms with Crippen LogP contribution in [0.5, 0.6) is 0 Å². The summed E-state index contributed by atoms with van der Waals surface area (Å²) in [6, 6.07) is 13.4. The van der Waals surface area contributed by atoms with Crippen molar-refractivity contribution in [3.05, 3.63) is 54.3 Å². The van der Waals surface area contributed by atoms with E-state index in [1.807, 2.05) is 36.4 Å². The van der Waals surface area contributed by atoms with Gasteiger partial charge in [-0.1, -0.05) is 36.4 Å². The summed E-state index contributed by atoms with van der Waals surface area (Å²) in [6.07, 6.45) is 1.21. The van der Waals surface area contributed by atoms with E-state index in [1.54, 1.807) is 13.0 Å². The molecule has 0 radical (unpaired) electrons. The van der Waals surface area contributed by atoms with Gasteiger partial charge >= 0.3 is 0 Å². The van der Waals surface area contributed by atoms with Crippen molar-refractivity contribution in [2.45, 2.75) is 13.8 Å². The zero-order valence-electron chi connectivity index (χ0n) is 12.1. The average Bonchev–Trinajstić information content (AvgIpc) is 2.47. The van der Waals surface area contributed by atoms with E-state index in [4.69, 9.17) is 4.74 Å². The van der Waals surface area contributed by atoms with Gasteiger partial charge in [0.2, 0.25) is 0 Å². The molecule has 21 heavy (non-hydrogen) atoms. The van der Waals surface area contributed by atoms with Crippen molar-refractivity contribution in [2.24, 2.45) is 0 Å². The maximum absolute atomic E-state index is 12.2. The number of anilines is 1. The van der Waals surface area contributed by atoms with Crippen molar-refractivity contribution < 1.29 is 14.3 Å². The van der Waals surface area contributed by atoms with Gasteiger partial charge in [0.25, 0.3) is 5.91 Å². The summed E-state index contributed by atoms with van der Waals surface area (Å²) < 4.78 is 5.06. The number of carbonyl (C=O) groups excluding carboxylic acids is 2. The Bertz CT molecular complexity index is 699. The molecular formula is C17H17NO3. The van der Waals surface area contributed by atoms with Crippen molar-refractivity contribution in [3.8, 4) is 0 Å². The van der Waals surface area contributed by atoms with Gasteiger partial charge in [-0.15, -0.1) is 0 Å². The van der Waals surface area contributed by atoms with Crippen LogP contribution in [0.15, 0.2) is 54.3 Å². The molecule has 0 fully saturated rings. The number of nitrogens with one attached hydrogen (secondary N) is 1. The van der Waals surface area contributed by atoms with Crippen molar-refractivity contribution in [2.75, 3.05) is 11.9 Å². The highest BCUT2D eigenvalue weighted by Crippen LogP contribution is 2.23. The Labute approximate surface area is 123 Å². The van der Waals surface area contributed by atoms with Crippen LogP contribution in [-0.4, -0.2) is 18.3 Å². The molecule has 0 spiro atoms. The smallest absolute Gasteiger partial charge is 0.262 e. The standard InChI is InChI=1S/C17H17NO3/c1-3-21-11-15(12(2)19)17(20)18-16-10-6-8-13-7-4-5-9-14(13)16/h4-11H,3H2,1-2H3,(H,18,20). The largest absolute Gasteiger partial charge is 0.501 e. The van der Waals surface area contributed by atoms with Crippen molar-refractivity contribution in [1.29, 1.82) is 0 Å². The Kier molecular flexibility index (Phi) is 4.72. The molecule has 0 saturated carbocycles. The molecule has 0 aliphatic rings. The molecule has 1 amide bonds. The van der Waals surface area contributed by atoms with Gasteiger partial charge in [-0.05, 0) is 25.3 Å². The first-order valence-corrected chi connectivity index (χ1v) is 6.75. The minimum atomic E-state index is -0.465. The number of fused-ring (bicyclic) bond motifs is 1. The summed E-state index contributed by atoms with van der Waals surface area (Å²) >= 11 is 0. The second-order valence-electron chi connectivity index (χ2n) is 4.52. The third-order valence-electron chi connectivity index (χ3n) is 3.03. The first-order chi connectivity index (χ1) is 10.1. The first-order valence-electron chi connectivity index (χ1n) is 6.75. The summed E-state index contributed by atoms with van der Waals surface area (Å²) in [6.45, 7) is 3.53. The first kappa shape index (κ1) is 14.8. The molecule has 2 aromatic carbocycles. The Hall–Kier alpha value is -2.62. The molecule has 0 bridgehead atoms. The van der Waals surface area contributed by atoms with Crippen LogP contribution in [0.1, 0.15) is 13.8 Å². The number of ketones is 1. The molecule has 2 aromatic rings. The van der Waals surface area contributed by atoms with Crippen LogP contribution in [-0.2, 0) is 14.3 Å². The van der Waals surface area contributed by atoms with Crippen molar-refractivity contribution >= 4 is 28.2 Å². The number of hydrogen-bond acceptors (Lipinski definition) is 3. The number of amides is 1. The highest BCUT2D eigenvalue weighted by atomic mass is 16.5. The zero-order valence-corrected chi connectivity index (χ0v) is 12.1. The number of Topliss-reactive ketones (excluding diaryl/α,β-unsaturated/α-hetero) is 1. The van der Waals surface area contributed by atoms with E-state index >= 15 is 0 Å². The molecule has 0 aliphatic heterocycles. The zero-order chi connectivity index (χ0) is 15.2. The molecule has 2 rings (SSSR count). The average molecular weight is 283 g/mol. The summed E-state index contributed by atoms with van der Waals surface area (Å²) in [7, 11) is 0. The number of rotatable bonds is 5. The lowest BCUT2D eigenvalue weighted by Crippen LogP contribution is -2.19. The Morgan fingerprint density at radius 1 is 1.14 bits per heavy atom. The lowest BCUT2D eigenvalue weighted by atomic mass is 10.1. The Balaban J connectivity index is 2.31. The predicted octanol–water partition coefficient (Wildman–Crippen LogP) is 3.29. The minimum absolute atomic E-state index is 0.00443. The quantitative estimate of drug-likeness (QED) is 0.396. The fraction of sp³-hybridized carbons (Fsp3) is 0.176. The number of carbonyl (C=O) groups is 2. The summed E-state index contributed by atoms with van der Waals surface area (Å²) in [5, 5.41) is 4.71. The summed E-state index contributed by atoms with van der Waals surface area (Å²) in [4.78, 5) is 23.8. The maximum atomic E-state index is 12.2. The Morgan fingerprint density at radius 3 is 2.57 bits per heavy atom. The summed E-state index contributed by atoms with van der Waals surface area (Å²) in [5.74, 6) is -0.798. The summed E-state index contributed by atoms with van der Waals surface area (Å²) in [5.41, 5.74) is 0.673. The van der Waals surface area contributed by atoms with Gasteiger partial charge in [0.15, 0.2) is 5.78 Å². The molecule has 0 unspecified atom stereocenters. The fourth-order valence-electron chi connectivity index (χ4n) is 1.99. The third kappa shape index (κ3) is 3.48. The molecular weight excluding hydrogens is 266 g/mol. The second-order valence-corrected chi connectivity index (χ2v) is 4.52. The van der Waals surface area contributed by atoms with Gasteiger partial charge in [0.05, 0.1) is 12.9 Å². The maximum Gasteiger partial charge on any atom is 0.262 e. The van der Waals surface area contributed by atoms with E-state index < -0.39 is 5.91 Å². The van der Waals surface area contributed by atoms with Crippen LogP contribution in [0, 0.1) is 0 Å². The molecule has 4 nitrogen and oxygen atoms in total. The second kappa shape index (κ2) is 6.70. The SMILES string of the molecule is CCOC=C(C(C)=O)C(=O)Nc1cccc2ccccc12. The van der Waals surface area contributed by atoms with Crippen molar-refractivity contribution in [1.82, 2.24) is 0 Å². The van der Waals surface area contributed by atoms with E-state index in [1.165, 1.54) is 13.2 Å². The fourth-order valence-corrected chi connectivity index (χ4v) is 1.99. The van der Waals surface area contributed by atoms with E-state index in [-0.39, 0.29) is 11.4 Å². The van der Waals surface area contributed by atoms with E-state index in [0.717, 1.165) is 10.8 Å². The highest BCUT2D eigenvalue weighted by Gasteiger charge is 2.16. The number of benzene rings is 2. The van der Waals surface area contributed by atoms with Gasteiger partial charge in [-0.3, -0.25) is 9.59 Å². The van der Waals surface area contributed by atoms with E-state index in [0.29, 0.717) is 12.3 Å². The lowest BCUT2D eigenvalue weighted by molar-refractivity contribution is -0.119. The lowest BCUT2D eigenvalue weighted by Gasteiger charge is -2.09. The molecule has 0 atom stereocenters. The monoisotopic (exact) mass is 283 g/mol. The van der Waals surface area contributed by atoms with Crippen LogP contribution >= 0.6 is 0 Å². The van der Waals surface area contributed by atoms with Gasteiger partial charge < -0.3 is 10.1 Å².